The van der Waals surface area contributed by atoms with Crippen molar-refractivity contribution in [3.63, 3.8) is 0 Å². The monoisotopic (exact) mass is 400 g/mol. The van der Waals surface area contributed by atoms with E-state index in [1.54, 1.807) is 11.7 Å². The molecule has 0 spiro atoms. The standard InChI is InChI=1S/C20H18N4O3.K/c1-27-16-9-7-15(8-10-16)11-23-13-21-18-17(23)19(25)24(20(26)22-18)12-14-5-3-2-4-6-14;/h2-10,13H,11-12H2,1H3,(H,22,26);/q;+1/p-1. The first-order valence-electron chi connectivity index (χ1n) is 8.45. The summed E-state index contributed by atoms with van der Waals surface area (Å²) in [5, 5.41) is 12.3. The van der Waals surface area contributed by atoms with Gasteiger partial charge < -0.3 is 14.4 Å². The van der Waals surface area contributed by atoms with E-state index in [0.717, 1.165) is 21.4 Å². The average molecular weight is 400 g/mol. The molecule has 28 heavy (non-hydrogen) atoms. The maximum absolute atomic E-state index is 13.0. The molecule has 0 aliphatic carbocycles. The molecule has 4 aromatic rings. The molecule has 0 radical (unpaired) electrons. The number of ether oxygens (including phenoxy) is 1. The molecule has 0 bridgehead atoms. The molecule has 0 unspecified atom stereocenters. The SMILES string of the molecule is COc1ccc(Cn2cnc3nc([O-])n(Cc4ccccc4)c(=O)c32)cc1.[K+]. The van der Waals surface area contributed by atoms with Crippen molar-refractivity contribution in [3.8, 4) is 11.8 Å². The van der Waals surface area contributed by atoms with Gasteiger partial charge in [0.05, 0.1) is 26.0 Å². The first-order chi connectivity index (χ1) is 13.2. The van der Waals surface area contributed by atoms with Gasteiger partial charge in [-0.3, -0.25) is 9.36 Å². The van der Waals surface area contributed by atoms with Crippen LogP contribution >= 0.6 is 0 Å². The van der Waals surface area contributed by atoms with Crippen molar-refractivity contribution in [2.24, 2.45) is 0 Å². The van der Waals surface area contributed by atoms with E-state index in [2.05, 4.69) is 9.97 Å². The molecule has 0 saturated heterocycles. The topological polar surface area (TPSA) is 85.0 Å². The van der Waals surface area contributed by atoms with Crippen LogP contribution in [-0.4, -0.2) is 26.2 Å². The van der Waals surface area contributed by atoms with Crippen LogP contribution in [0.5, 0.6) is 11.8 Å². The van der Waals surface area contributed by atoms with Gasteiger partial charge in [-0.1, -0.05) is 42.5 Å². The Morgan fingerprint density at radius 3 is 2.36 bits per heavy atom. The van der Waals surface area contributed by atoms with E-state index in [1.165, 1.54) is 6.33 Å². The third kappa shape index (κ3) is 4.21. The van der Waals surface area contributed by atoms with Crippen LogP contribution in [0.3, 0.4) is 0 Å². The van der Waals surface area contributed by atoms with E-state index in [1.807, 2.05) is 54.6 Å². The first kappa shape index (κ1) is 20.8. The molecule has 0 fully saturated rings. The molecule has 2 heterocycles. The van der Waals surface area contributed by atoms with Gasteiger partial charge in [-0.25, -0.2) is 9.97 Å². The van der Waals surface area contributed by atoms with Crippen molar-refractivity contribution in [2.75, 3.05) is 7.11 Å². The van der Waals surface area contributed by atoms with Crippen molar-refractivity contribution >= 4 is 11.2 Å². The molecule has 8 heteroatoms. The van der Waals surface area contributed by atoms with Crippen LogP contribution in [0.1, 0.15) is 11.1 Å². The van der Waals surface area contributed by atoms with Gasteiger partial charge in [0.15, 0.2) is 11.2 Å². The summed E-state index contributed by atoms with van der Waals surface area (Å²) in [5.74, 6) is 0.761. The number of benzene rings is 2. The summed E-state index contributed by atoms with van der Waals surface area (Å²) in [5.41, 5.74) is 1.94. The Kier molecular flexibility index (Phi) is 6.68. The minimum Gasteiger partial charge on any atom is -0.846 e. The van der Waals surface area contributed by atoms with E-state index >= 15 is 0 Å². The molecular weight excluding hydrogens is 383 g/mol. The Morgan fingerprint density at radius 1 is 1.00 bits per heavy atom. The second-order valence-electron chi connectivity index (χ2n) is 6.16. The predicted molar refractivity (Wildman–Crippen MR) is 98.9 cm³/mol. The molecule has 2 aromatic heterocycles. The molecule has 136 valence electrons. The third-order valence-corrected chi connectivity index (χ3v) is 4.39. The van der Waals surface area contributed by atoms with E-state index in [0.29, 0.717) is 12.1 Å². The molecule has 7 nitrogen and oxygen atoms in total. The van der Waals surface area contributed by atoms with E-state index in [-0.39, 0.29) is 69.1 Å². The Hall–Kier alpha value is -1.97. The third-order valence-electron chi connectivity index (χ3n) is 4.39. The maximum atomic E-state index is 13.0. The zero-order chi connectivity index (χ0) is 18.8. The average Bonchev–Trinajstić information content (AvgIpc) is 3.09. The fourth-order valence-electron chi connectivity index (χ4n) is 2.99. The minimum atomic E-state index is -0.592. The first-order valence-corrected chi connectivity index (χ1v) is 8.45. The Labute approximate surface area is 204 Å². The summed E-state index contributed by atoms with van der Waals surface area (Å²) in [7, 11) is 1.61. The van der Waals surface area contributed by atoms with Crippen LogP contribution in [0.15, 0.2) is 65.7 Å². The molecule has 2 aromatic carbocycles. The quantitative estimate of drug-likeness (QED) is 0.392. The van der Waals surface area contributed by atoms with Crippen molar-refractivity contribution < 1.29 is 61.2 Å². The maximum Gasteiger partial charge on any atom is 1.00 e. The molecule has 0 N–H and O–H groups in total. The number of methoxy groups -OCH3 is 1. The number of nitrogens with zero attached hydrogens (tertiary/aromatic N) is 4. The fourth-order valence-corrected chi connectivity index (χ4v) is 2.99. The van der Waals surface area contributed by atoms with Crippen LogP contribution in [0.25, 0.3) is 11.2 Å². The van der Waals surface area contributed by atoms with Crippen LogP contribution in [-0.2, 0) is 13.1 Å². The number of imidazole rings is 1. The van der Waals surface area contributed by atoms with Gasteiger partial charge in [-0.05, 0) is 23.3 Å². The van der Waals surface area contributed by atoms with Gasteiger partial charge >= 0.3 is 51.4 Å². The van der Waals surface area contributed by atoms with Crippen molar-refractivity contribution in [3.05, 3.63) is 82.4 Å². The van der Waals surface area contributed by atoms with Gasteiger partial charge in [-0.2, -0.15) is 0 Å². The summed E-state index contributed by atoms with van der Waals surface area (Å²) in [4.78, 5) is 21.1. The van der Waals surface area contributed by atoms with Gasteiger partial charge in [0.2, 0.25) is 0 Å². The fraction of sp³-hybridized carbons (Fsp3) is 0.150. The van der Waals surface area contributed by atoms with Crippen molar-refractivity contribution in [1.82, 2.24) is 19.1 Å². The number of hydrogen-bond donors (Lipinski definition) is 0. The Balaban J connectivity index is 0.00000225. The zero-order valence-corrected chi connectivity index (χ0v) is 18.8. The summed E-state index contributed by atoms with van der Waals surface area (Å²) in [6.45, 7) is 0.621. The van der Waals surface area contributed by atoms with E-state index in [9.17, 15) is 9.90 Å². The molecule has 0 aliphatic rings. The van der Waals surface area contributed by atoms with Crippen molar-refractivity contribution in [1.29, 1.82) is 0 Å². The van der Waals surface area contributed by atoms with Crippen LogP contribution in [0, 0.1) is 0 Å². The Morgan fingerprint density at radius 2 is 1.68 bits per heavy atom. The number of rotatable bonds is 5. The molecule has 0 aliphatic heterocycles. The number of hydrogen-bond acceptors (Lipinski definition) is 5. The summed E-state index contributed by atoms with van der Waals surface area (Å²) >= 11 is 0. The van der Waals surface area contributed by atoms with Gasteiger partial charge in [-0.15, -0.1) is 0 Å². The summed E-state index contributed by atoms with van der Waals surface area (Å²) in [6, 6.07) is 16.3. The van der Waals surface area contributed by atoms with Crippen molar-refractivity contribution in [2.45, 2.75) is 13.1 Å². The van der Waals surface area contributed by atoms with Crippen LogP contribution < -0.4 is 66.8 Å². The van der Waals surface area contributed by atoms with Gasteiger partial charge in [0, 0.05) is 6.54 Å². The molecular formula is C20H17KN4O3. The number of fused-ring (bicyclic) bond motifs is 1. The molecule has 0 amide bonds. The minimum absolute atomic E-state index is 0. The van der Waals surface area contributed by atoms with Crippen LogP contribution in [0.4, 0.5) is 0 Å². The second kappa shape index (κ2) is 9.02. The molecule has 0 atom stereocenters. The smallest absolute Gasteiger partial charge is 0.846 e. The van der Waals surface area contributed by atoms with Crippen LogP contribution in [0.2, 0.25) is 0 Å². The largest absolute Gasteiger partial charge is 1.00 e. The van der Waals surface area contributed by atoms with E-state index < -0.39 is 6.01 Å². The van der Waals surface area contributed by atoms with Gasteiger partial charge in [0.25, 0.3) is 5.56 Å². The second-order valence-corrected chi connectivity index (χ2v) is 6.16. The molecule has 0 saturated carbocycles. The summed E-state index contributed by atoms with van der Waals surface area (Å²) < 4.78 is 8.02. The summed E-state index contributed by atoms with van der Waals surface area (Å²) in [6.07, 6.45) is 1.54. The normalized spacial score (nSPS) is 10.6. The predicted octanol–water partition coefficient (Wildman–Crippen LogP) is -1.22. The number of aromatic nitrogens is 4. The van der Waals surface area contributed by atoms with Gasteiger partial charge in [0.1, 0.15) is 5.75 Å². The Bertz CT molecular complexity index is 1140. The zero-order valence-electron chi connectivity index (χ0n) is 15.7. The van der Waals surface area contributed by atoms with E-state index in [4.69, 9.17) is 4.74 Å². The molecule has 4 rings (SSSR count).